The number of imidazole rings is 1. The molecule has 0 aliphatic carbocycles. The van der Waals surface area contributed by atoms with Crippen molar-refractivity contribution in [2.45, 2.75) is 38.5 Å². The number of ether oxygens (including phenoxy) is 1. The average molecular weight is 271 g/mol. The minimum Gasteiger partial charge on any atom is -0.377 e. The van der Waals surface area contributed by atoms with Crippen molar-refractivity contribution in [3.05, 3.63) is 42.2 Å². The van der Waals surface area contributed by atoms with E-state index in [2.05, 4.69) is 34.3 Å². The third-order valence-electron chi connectivity index (χ3n) is 3.81. The summed E-state index contributed by atoms with van der Waals surface area (Å²) in [5.41, 5.74) is 2.22. The van der Waals surface area contributed by atoms with Gasteiger partial charge in [-0.1, -0.05) is 30.3 Å². The van der Waals surface area contributed by atoms with Crippen LogP contribution in [-0.4, -0.2) is 28.7 Å². The normalized spacial score (nSPS) is 20.1. The van der Waals surface area contributed by atoms with E-state index in [-0.39, 0.29) is 0 Å². The molecular weight excluding hydrogens is 250 g/mol. The molecule has 1 fully saturated rings. The molecule has 0 radical (unpaired) electrons. The molecule has 1 aliphatic rings. The van der Waals surface area contributed by atoms with Crippen molar-refractivity contribution in [3.63, 3.8) is 0 Å². The van der Waals surface area contributed by atoms with E-state index in [1.54, 1.807) is 0 Å². The molecule has 0 spiro atoms. The first kappa shape index (κ1) is 13.3. The number of H-pyrrole nitrogens is 1. The summed E-state index contributed by atoms with van der Waals surface area (Å²) in [5.74, 6) is 0.923. The zero-order chi connectivity index (χ0) is 13.8. The zero-order valence-corrected chi connectivity index (χ0v) is 11.8. The molecule has 2 aromatic rings. The minimum absolute atomic E-state index is 0.353. The van der Waals surface area contributed by atoms with E-state index >= 15 is 0 Å². The summed E-state index contributed by atoms with van der Waals surface area (Å²) in [5, 5.41) is 3.51. The van der Waals surface area contributed by atoms with Crippen LogP contribution in [0.3, 0.4) is 0 Å². The maximum Gasteiger partial charge on any atom is 0.137 e. The highest BCUT2D eigenvalue weighted by Crippen LogP contribution is 2.17. The molecule has 2 atom stereocenters. The summed E-state index contributed by atoms with van der Waals surface area (Å²) in [6.45, 7) is 3.88. The Labute approximate surface area is 119 Å². The molecule has 106 valence electrons. The van der Waals surface area contributed by atoms with Gasteiger partial charge in [0.2, 0.25) is 0 Å². The lowest BCUT2D eigenvalue weighted by Crippen LogP contribution is -2.36. The molecule has 20 heavy (non-hydrogen) atoms. The molecule has 2 unspecified atom stereocenters. The van der Waals surface area contributed by atoms with Crippen LogP contribution in [0.1, 0.15) is 25.5 Å². The van der Waals surface area contributed by atoms with Crippen LogP contribution >= 0.6 is 0 Å². The molecule has 1 aromatic heterocycles. The fourth-order valence-electron chi connectivity index (χ4n) is 2.59. The summed E-state index contributed by atoms with van der Waals surface area (Å²) in [6, 6.07) is 10.6. The fourth-order valence-corrected chi connectivity index (χ4v) is 2.59. The molecule has 2 heterocycles. The second-order valence-electron chi connectivity index (χ2n) is 5.34. The van der Waals surface area contributed by atoms with Gasteiger partial charge >= 0.3 is 0 Å². The SMILES string of the molecule is CC(NCc1cnc(-c2ccccc2)[nH]1)C1CCCO1. The maximum absolute atomic E-state index is 5.69. The highest BCUT2D eigenvalue weighted by molar-refractivity contribution is 5.54. The van der Waals surface area contributed by atoms with Gasteiger partial charge in [-0.3, -0.25) is 0 Å². The van der Waals surface area contributed by atoms with Crippen molar-refractivity contribution in [2.24, 2.45) is 0 Å². The van der Waals surface area contributed by atoms with E-state index in [4.69, 9.17) is 4.74 Å². The van der Waals surface area contributed by atoms with Gasteiger partial charge in [-0.15, -0.1) is 0 Å². The molecule has 4 nitrogen and oxygen atoms in total. The first-order valence-corrected chi connectivity index (χ1v) is 7.27. The Bertz CT molecular complexity index is 532. The second-order valence-corrected chi connectivity index (χ2v) is 5.34. The lowest BCUT2D eigenvalue weighted by molar-refractivity contribution is 0.0831. The summed E-state index contributed by atoms with van der Waals surface area (Å²) in [6.07, 6.45) is 4.59. The van der Waals surface area contributed by atoms with Gasteiger partial charge in [0.15, 0.2) is 0 Å². The van der Waals surface area contributed by atoms with E-state index in [1.165, 1.54) is 6.42 Å². The number of nitrogens with one attached hydrogen (secondary N) is 2. The first-order chi connectivity index (χ1) is 9.83. The highest BCUT2D eigenvalue weighted by Gasteiger charge is 2.21. The number of hydrogen-bond donors (Lipinski definition) is 2. The Hall–Kier alpha value is -1.65. The van der Waals surface area contributed by atoms with Crippen LogP contribution < -0.4 is 5.32 Å². The molecule has 0 bridgehead atoms. The van der Waals surface area contributed by atoms with Gasteiger partial charge < -0.3 is 15.0 Å². The van der Waals surface area contributed by atoms with Crippen LogP contribution in [0.4, 0.5) is 0 Å². The van der Waals surface area contributed by atoms with Crippen molar-refractivity contribution in [3.8, 4) is 11.4 Å². The highest BCUT2D eigenvalue weighted by atomic mass is 16.5. The predicted octanol–water partition coefficient (Wildman–Crippen LogP) is 2.73. The Kier molecular flexibility index (Phi) is 4.14. The van der Waals surface area contributed by atoms with Crippen LogP contribution in [0.5, 0.6) is 0 Å². The van der Waals surface area contributed by atoms with Gasteiger partial charge in [0.1, 0.15) is 5.82 Å². The van der Waals surface area contributed by atoms with Crippen molar-refractivity contribution >= 4 is 0 Å². The van der Waals surface area contributed by atoms with E-state index in [9.17, 15) is 0 Å². The summed E-state index contributed by atoms with van der Waals surface area (Å²) >= 11 is 0. The topological polar surface area (TPSA) is 49.9 Å². The third-order valence-corrected chi connectivity index (χ3v) is 3.81. The zero-order valence-electron chi connectivity index (χ0n) is 11.8. The van der Waals surface area contributed by atoms with Gasteiger partial charge in [0.25, 0.3) is 0 Å². The predicted molar refractivity (Wildman–Crippen MR) is 79.3 cm³/mol. The van der Waals surface area contributed by atoms with Gasteiger partial charge in [-0.05, 0) is 19.8 Å². The van der Waals surface area contributed by atoms with Crippen molar-refractivity contribution in [2.75, 3.05) is 6.61 Å². The van der Waals surface area contributed by atoms with Crippen LogP contribution in [0.15, 0.2) is 36.5 Å². The van der Waals surface area contributed by atoms with Crippen molar-refractivity contribution < 1.29 is 4.74 Å². The molecule has 1 aromatic carbocycles. The van der Waals surface area contributed by atoms with Crippen LogP contribution in [0, 0.1) is 0 Å². The number of benzene rings is 1. The summed E-state index contributed by atoms with van der Waals surface area (Å²) in [4.78, 5) is 7.80. The summed E-state index contributed by atoms with van der Waals surface area (Å²) < 4.78 is 5.69. The van der Waals surface area contributed by atoms with Gasteiger partial charge in [-0.25, -0.2) is 4.98 Å². The molecule has 4 heteroatoms. The van der Waals surface area contributed by atoms with Gasteiger partial charge in [0, 0.05) is 36.6 Å². The summed E-state index contributed by atoms with van der Waals surface area (Å²) in [7, 11) is 0. The smallest absolute Gasteiger partial charge is 0.137 e. The van der Waals surface area contributed by atoms with Crippen LogP contribution in [0.25, 0.3) is 11.4 Å². The number of rotatable bonds is 5. The molecule has 1 saturated heterocycles. The number of aromatic amines is 1. The first-order valence-electron chi connectivity index (χ1n) is 7.27. The van der Waals surface area contributed by atoms with Gasteiger partial charge in [0.05, 0.1) is 6.10 Å². The molecule has 0 amide bonds. The Morgan fingerprint density at radius 3 is 3.00 bits per heavy atom. The quantitative estimate of drug-likeness (QED) is 0.879. The van der Waals surface area contributed by atoms with Crippen LogP contribution in [0.2, 0.25) is 0 Å². The largest absolute Gasteiger partial charge is 0.377 e. The van der Waals surface area contributed by atoms with Gasteiger partial charge in [-0.2, -0.15) is 0 Å². The molecule has 0 saturated carbocycles. The lowest BCUT2D eigenvalue weighted by Gasteiger charge is -2.19. The van der Waals surface area contributed by atoms with E-state index in [0.29, 0.717) is 12.1 Å². The van der Waals surface area contributed by atoms with Crippen molar-refractivity contribution in [1.29, 1.82) is 0 Å². The minimum atomic E-state index is 0.353. The van der Waals surface area contributed by atoms with E-state index in [1.807, 2.05) is 24.4 Å². The van der Waals surface area contributed by atoms with E-state index < -0.39 is 0 Å². The molecule has 2 N–H and O–H groups in total. The standard InChI is InChI=1S/C16H21N3O/c1-12(15-8-5-9-20-15)17-10-14-11-18-16(19-14)13-6-3-2-4-7-13/h2-4,6-7,11-12,15,17H,5,8-10H2,1H3,(H,18,19). The average Bonchev–Trinajstić information content (AvgIpc) is 3.17. The number of nitrogens with zero attached hydrogens (tertiary/aromatic N) is 1. The molecule has 1 aliphatic heterocycles. The molecular formula is C16H21N3O. The van der Waals surface area contributed by atoms with Crippen LogP contribution in [-0.2, 0) is 11.3 Å². The Morgan fingerprint density at radius 1 is 1.40 bits per heavy atom. The van der Waals surface area contributed by atoms with Crippen molar-refractivity contribution in [1.82, 2.24) is 15.3 Å². The fraction of sp³-hybridized carbons (Fsp3) is 0.438. The van der Waals surface area contributed by atoms with E-state index in [0.717, 1.165) is 36.7 Å². The maximum atomic E-state index is 5.69. The number of aromatic nitrogens is 2. The number of hydrogen-bond acceptors (Lipinski definition) is 3. The monoisotopic (exact) mass is 271 g/mol. The second kappa shape index (κ2) is 6.20. The molecule has 3 rings (SSSR count). The Morgan fingerprint density at radius 2 is 2.25 bits per heavy atom. The Balaban J connectivity index is 1.57. The lowest BCUT2D eigenvalue weighted by atomic mass is 10.1. The third kappa shape index (κ3) is 3.08.